The fourth-order valence-corrected chi connectivity index (χ4v) is 1.68. The van der Waals surface area contributed by atoms with Crippen LogP contribution in [-0.4, -0.2) is 23.7 Å². The highest BCUT2D eigenvalue weighted by molar-refractivity contribution is 6.30. The van der Waals surface area contributed by atoms with Gasteiger partial charge >= 0.3 is 12.0 Å². The summed E-state index contributed by atoms with van der Waals surface area (Å²) in [6, 6.07) is 3.25. The molecule has 0 aromatic heterocycles. The quantitative estimate of drug-likeness (QED) is 0.782. The Morgan fingerprint density at radius 1 is 1.40 bits per heavy atom. The maximum Gasteiger partial charge on any atom is 0.319 e. The number of carboxylic acids is 1. The van der Waals surface area contributed by atoms with E-state index >= 15 is 0 Å². The van der Waals surface area contributed by atoms with E-state index in [1.807, 2.05) is 0 Å². The van der Waals surface area contributed by atoms with Crippen LogP contribution < -0.4 is 10.6 Å². The summed E-state index contributed by atoms with van der Waals surface area (Å²) in [5, 5.41) is 13.8. The van der Waals surface area contributed by atoms with Crippen LogP contribution in [0.1, 0.15) is 13.8 Å². The molecule has 1 aromatic carbocycles. The summed E-state index contributed by atoms with van der Waals surface area (Å²) in [7, 11) is 0. The molecule has 0 fully saturated rings. The van der Waals surface area contributed by atoms with E-state index in [4.69, 9.17) is 16.7 Å². The van der Waals surface area contributed by atoms with Crippen molar-refractivity contribution in [3.63, 3.8) is 0 Å². The first-order chi connectivity index (χ1) is 9.31. The van der Waals surface area contributed by atoms with Crippen LogP contribution in [0.25, 0.3) is 0 Å². The summed E-state index contributed by atoms with van der Waals surface area (Å²) < 4.78 is 13.2. The Bertz CT molecular complexity index is 508. The van der Waals surface area contributed by atoms with E-state index in [0.29, 0.717) is 0 Å². The Kier molecular flexibility index (Phi) is 5.76. The molecule has 0 radical (unpaired) electrons. The molecule has 0 aliphatic rings. The molecule has 5 nitrogen and oxygen atoms in total. The predicted molar refractivity (Wildman–Crippen MR) is 74.4 cm³/mol. The van der Waals surface area contributed by atoms with Crippen LogP contribution in [-0.2, 0) is 4.79 Å². The number of aliphatic carboxylic acids is 1. The van der Waals surface area contributed by atoms with Crippen molar-refractivity contribution in [3.8, 4) is 0 Å². The number of halogens is 2. The number of carbonyl (C=O) groups is 2. The number of urea groups is 1. The van der Waals surface area contributed by atoms with Crippen molar-refractivity contribution in [2.75, 3.05) is 11.9 Å². The largest absolute Gasteiger partial charge is 0.481 e. The number of carbonyl (C=O) groups excluding carboxylic acids is 1. The monoisotopic (exact) mass is 302 g/mol. The average molecular weight is 303 g/mol. The van der Waals surface area contributed by atoms with Crippen molar-refractivity contribution in [1.29, 1.82) is 0 Å². The normalized spacial score (nSPS) is 12.1. The number of carboxylic acid groups (broad SMARTS) is 1. The molecule has 0 saturated carbocycles. The van der Waals surface area contributed by atoms with Crippen LogP contribution >= 0.6 is 11.6 Å². The van der Waals surface area contributed by atoms with E-state index in [1.165, 1.54) is 12.1 Å². The fraction of sp³-hybridized carbons (Fsp3) is 0.385. The molecule has 0 aliphatic carbocycles. The Balaban J connectivity index is 2.55. The van der Waals surface area contributed by atoms with Crippen LogP contribution in [0.15, 0.2) is 18.2 Å². The SMILES string of the molecule is CC(C)C(CNC(=O)Nc1ccc(Cl)c(F)c1)C(=O)O. The molecule has 1 aromatic rings. The smallest absolute Gasteiger partial charge is 0.319 e. The van der Waals surface area contributed by atoms with Gasteiger partial charge in [0.05, 0.1) is 10.9 Å². The molecule has 110 valence electrons. The van der Waals surface area contributed by atoms with Crippen molar-refractivity contribution in [1.82, 2.24) is 5.32 Å². The van der Waals surface area contributed by atoms with Crippen LogP contribution in [0, 0.1) is 17.7 Å². The number of nitrogens with one attached hydrogen (secondary N) is 2. The molecule has 0 spiro atoms. The molecule has 0 aliphatic heterocycles. The number of anilines is 1. The van der Waals surface area contributed by atoms with Gasteiger partial charge in [0.2, 0.25) is 0 Å². The van der Waals surface area contributed by atoms with Crippen molar-refractivity contribution in [3.05, 3.63) is 29.0 Å². The van der Waals surface area contributed by atoms with E-state index < -0.39 is 23.7 Å². The Labute approximate surface area is 121 Å². The lowest BCUT2D eigenvalue weighted by molar-refractivity contribution is -0.142. The van der Waals surface area contributed by atoms with Gasteiger partial charge in [-0.3, -0.25) is 4.79 Å². The molecule has 0 heterocycles. The number of rotatable bonds is 5. The molecular weight excluding hydrogens is 287 g/mol. The first kappa shape index (κ1) is 16.2. The minimum Gasteiger partial charge on any atom is -0.481 e. The van der Waals surface area contributed by atoms with Gasteiger partial charge in [-0.25, -0.2) is 9.18 Å². The van der Waals surface area contributed by atoms with Gasteiger partial charge in [0, 0.05) is 12.2 Å². The molecule has 7 heteroatoms. The molecule has 0 bridgehead atoms. The molecule has 2 amide bonds. The number of hydrogen-bond acceptors (Lipinski definition) is 2. The third-order valence-electron chi connectivity index (χ3n) is 2.78. The topological polar surface area (TPSA) is 78.4 Å². The highest BCUT2D eigenvalue weighted by Crippen LogP contribution is 2.18. The lowest BCUT2D eigenvalue weighted by Crippen LogP contribution is -2.37. The van der Waals surface area contributed by atoms with Gasteiger partial charge in [-0.1, -0.05) is 25.4 Å². The molecule has 1 unspecified atom stereocenters. The van der Waals surface area contributed by atoms with E-state index in [0.717, 1.165) is 6.07 Å². The maximum absolute atomic E-state index is 13.2. The number of amides is 2. The third-order valence-corrected chi connectivity index (χ3v) is 3.09. The molecule has 1 rings (SSSR count). The first-order valence-electron chi connectivity index (χ1n) is 6.04. The van der Waals surface area contributed by atoms with E-state index in [1.54, 1.807) is 13.8 Å². The van der Waals surface area contributed by atoms with Crippen LogP contribution in [0.4, 0.5) is 14.9 Å². The van der Waals surface area contributed by atoms with E-state index in [9.17, 15) is 14.0 Å². The highest BCUT2D eigenvalue weighted by Gasteiger charge is 2.21. The third kappa shape index (κ3) is 4.70. The summed E-state index contributed by atoms with van der Waals surface area (Å²) in [5.41, 5.74) is 0.237. The van der Waals surface area contributed by atoms with Gasteiger partial charge in [0.25, 0.3) is 0 Å². The van der Waals surface area contributed by atoms with Gasteiger partial charge in [0.1, 0.15) is 5.82 Å². The molecule has 1 atom stereocenters. The molecule has 3 N–H and O–H groups in total. The van der Waals surface area contributed by atoms with Gasteiger partial charge in [-0.05, 0) is 24.1 Å². The first-order valence-corrected chi connectivity index (χ1v) is 6.41. The van der Waals surface area contributed by atoms with Crippen molar-refractivity contribution >= 4 is 29.3 Å². The summed E-state index contributed by atoms with van der Waals surface area (Å²) in [6.45, 7) is 3.51. The van der Waals surface area contributed by atoms with E-state index in [-0.39, 0.29) is 23.2 Å². The predicted octanol–water partition coefficient (Wildman–Crippen LogP) is 2.96. The summed E-state index contributed by atoms with van der Waals surface area (Å²) in [6.07, 6.45) is 0. The minimum atomic E-state index is -0.974. The minimum absolute atomic E-state index is 0.00505. The second-order valence-corrected chi connectivity index (χ2v) is 5.06. The standard InChI is InChI=1S/C13H16ClFN2O3/c1-7(2)9(12(18)19)6-16-13(20)17-8-3-4-10(14)11(15)5-8/h3-5,7,9H,6H2,1-2H3,(H,18,19)(H2,16,17,20). The summed E-state index contributed by atoms with van der Waals surface area (Å²) >= 11 is 5.52. The van der Waals surface area contributed by atoms with Gasteiger partial charge in [-0.2, -0.15) is 0 Å². The lowest BCUT2D eigenvalue weighted by Gasteiger charge is -2.17. The zero-order valence-electron chi connectivity index (χ0n) is 11.1. The molecule has 20 heavy (non-hydrogen) atoms. The molecular formula is C13H16ClFN2O3. The van der Waals surface area contributed by atoms with Gasteiger partial charge < -0.3 is 15.7 Å². The number of benzene rings is 1. The molecule has 0 saturated heterocycles. The fourth-order valence-electron chi connectivity index (χ4n) is 1.56. The van der Waals surface area contributed by atoms with Crippen LogP contribution in [0.3, 0.4) is 0 Å². The van der Waals surface area contributed by atoms with Crippen molar-refractivity contribution < 1.29 is 19.1 Å². The Morgan fingerprint density at radius 3 is 2.55 bits per heavy atom. The zero-order chi connectivity index (χ0) is 15.3. The van der Waals surface area contributed by atoms with Crippen molar-refractivity contribution in [2.24, 2.45) is 11.8 Å². The van der Waals surface area contributed by atoms with E-state index in [2.05, 4.69) is 10.6 Å². The zero-order valence-corrected chi connectivity index (χ0v) is 11.9. The second-order valence-electron chi connectivity index (χ2n) is 4.65. The average Bonchev–Trinajstić information content (AvgIpc) is 2.33. The van der Waals surface area contributed by atoms with Gasteiger partial charge in [-0.15, -0.1) is 0 Å². The summed E-state index contributed by atoms with van der Waals surface area (Å²) in [5.74, 6) is -2.41. The lowest BCUT2D eigenvalue weighted by atomic mass is 9.96. The van der Waals surface area contributed by atoms with Crippen molar-refractivity contribution in [2.45, 2.75) is 13.8 Å². The van der Waals surface area contributed by atoms with Crippen LogP contribution in [0.2, 0.25) is 5.02 Å². The highest BCUT2D eigenvalue weighted by atomic mass is 35.5. The maximum atomic E-state index is 13.2. The summed E-state index contributed by atoms with van der Waals surface area (Å²) in [4.78, 5) is 22.5. The van der Waals surface area contributed by atoms with Crippen LogP contribution in [0.5, 0.6) is 0 Å². The number of hydrogen-bond donors (Lipinski definition) is 3. The Hall–Kier alpha value is -1.82. The van der Waals surface area contributed by atoms with Gasteiger partial charge in [0.15, 0.2) is 0 Å². The Morgan fingerprint density at radius 2 is 2.05 bits per heavy atom. The second kappa shape index (κ2) is 7.09.